The van der Waals surface area contributed by atoms with E-state index in [-0.39, 0.29) is 12.1 Å². The second-order valence-electron chi connectivity index (χ2n) is 5.09. The van der Waals surface area contributed by atoms with E-state index < -0.39 is 69.5 Å². The highest BCUT2D eigenvalue weighted by Crippen LogP contribution is 2.34. The molecule has 1 aromatic carbocycles. The van der Waals surface area contributed by atoms with Gasteiger partial charge in [-0.15, -0.1) is 0 Å². The van der Waals surface area contributed by atoms with Crippen LogP contribution in [0.15, 0.2) is 17.0 Å². The maximum Gasteiger partial charge on any atom is 0.393 e. The van der Waals surface area contributed by atoms with Crippen molar-refractivity contribution in [1.82, 2.24) is 0 Å². The lowest BCUT2D eigenvalue weighted by Crippen LogP contribution is -2.21. The van der Waals surface area contributed by atoms with Crippen molar-refractivity contribution in [3.05, 3.63) is 28.8 Å². The minimum atomic E-state index is -5.55. The molecule has 1 aromatic rings. The summed E-state index contributed by atoms with van der Waals surface area (Å²) in [5, 5.41) is 0. The third kappa shape index (κ3) is 7.50. The summed E-state index contributed by atoms with van der Waals surface area (Å²) in [6.45, 7) is 0. The minimum absolute atomic E-state index is 0.171. The van der Waals surface area contributed by atoms with Crippen molar-refractivity contribution in [1.29, 1.82) is 0 Å². The monoisotopic (exact) mass is 404 g/mol. The van der Waals surface area contributed by atoms with Crippen molar-refractivity contribution in [3.8, 4) is 0 Å². The van der Waals surface area contributed by atoms with Crippen LogP contribution >= 0.6 is 0 Å². The van der Waals surface area contributed by atoms with Crippen molar-refractivity contribution in [2.45, 2.75) is 42.7 Å². The van der Waals surface area contributed by atoms with Gasteiger partial charge in [0.2, 0.25) is 0 Å². The molecule has 0 heterocycles. The van der Waals surface area contributed by atoms with Crippen LogP contribution in [-0.2, 0) is 29.4 Å². The molecule has 0 aliphatic rings. The maximum absolute atomic E-state index is 12.5. The van der Waals surface area contributed by atoms with Crippen LogP contribution < -0.4 is 0 Å². The third-order valence-electron chi connectivity index (χ3n) is 2.75. The van der Waals surface area contributed by atoms with E-state index in [4.69, 9.17) is 4.55 Å². The van der Waals surface area contributed by atoms with E-state index in [9.17, 15) is 47.9 Å². The molecule has 0 amide bonds. The highest BCUT2D eigenvalue weighted by Gasteiger charge is 2.37. The molecule has 0 bridgehead atoms. The molecular weight excluding hydrogens is 395 g/mol. The Hall–Kier alpha value is -1.50. The second-order valence-corrected chi connectivity index (χ2v) is 6.45. The SMILES string of the molecule is O=S(=O)(O)c1c(CC(F)(F)F)cc(CC(F)(F)F)cc1CC(F)(F)F. The highest BCUT2D eigenvalue weighted by atomic mass is 32.2. The van der Waals surface area contributed by atoms with Gasteiger partial charge in [-0.2, -0.15) is 47.9 Å². The molecule has 3 nitrogen and oxygen atoms in total. The Kier molecular flexibility index (Phi) is 5.74. The number of hydrogen-bond acceptors (Lipinski definition) is 2. The highest BCUT2D eigenvalue weighted by molar-refractivity contribution is 7.86. The van der Waals surface area contributed by atoms with Crippen molar-refractivity contribution >= 4 is 10.1 Å². The van der Waals surface area contributed by atoms with Crippen molar-refractivity contribution in [2.75, 3.05) is 0 Å². The topological polar surface area (TPSA) is 54.4 Å². The number of halogens is 9. The van der Waals surface area contributed by atoms with Crippen LogP contribution in [0, 0.1) is 0 Å². The van der Waals surface area contributed by atoms with E-state index in [2.05, 4.69) is 0 Å². The van der Waals surface area contributed by atoms with Crippen molar-refractivity contribution in [2.24, 2.45) is 0 Å². The molecule has 25 heavy (non-hydrogen) atoms. The smallest absolute Gasteiger partial charge is 0.282 e. The molecule has 144 valence electrons. The Morgan fingerprint density at radius 2 is 1.04 bits per heavy atom. The van der Waals surface area contributed by atoms with E-state index in [1.165, 1.54) is 0 Å². The lowest BCUT2D eigenvalue weighted by molar-refractivity contribution is -0.128. The molecule has 0 atom stereocenters. The normalized spacial score (nSPS) is 14.0. The van der Waals surface area contributed by atoms with Gasteiger partial charge in [0.15, 0.2) is 0 Å². The van der Waals surface area contributed by atoms with Gasteiger partial charge in [0.1, 0.15) is 4.90 Å². The largest absolute Gasteiger partial charge is 0.393 e. The van der Waals surface area contributed by atoms with Crippen LogP contribution in [0.2, 0.25) is 0 Å². The summed E-state index contributed by atoms with van der Waals surface area (Å²) < 4.78 is 144. The van der Waals surface area contributed by atoms with Crippen molar-refractivity contribution in [3.63, 3.8) is 0 Å². The molecule has 0 aromatic heterocycles. The van der Waals surface area contributed by atoms with Crippen LogP contribution in [0.5, 0.6) is 0 Å². The van der Waals surface area contributed by atoms with Crippen LogP contribution in [0.1, 0.15) is 16.7 Å². The van der Waals surface area contributed by atoms with Gasteiger partial charge in [-0.05, 0) is 16.7 Å². The summed E-state index contributed by atoms with van der Waals surface area (Å²) in [5.41, 5.74) is -3.77. The van der Waals surface area contributed by atoms with Crippen LogP contribution in [0.3, 0.4) is 0 Å². The van der Waals surface area contributed by atoms with Crippen LogP contribution in [0.4, 0.5) is 39.5 Å². The molecule has 13 heteroatoms. The average molecular weight is 404 g/mol. The summed E-state index contributed by atoms with van der Waals surface area (Å²) in [5.74, 6) is 0. The first-order valence-electron chi connectivity index (χ1n) is 6.20. The molecule has 0 unspecified atom stereocenters. The second kappa shape index (κ2) is 6.67. The van der Waals surface area contributed by atoms with E-state index in [1.807, 2.05) is 0 Å². The Morgan fingerprint density at radius 3 is 1.28 bits per heavy atom. The first-order valence-corrected chi connectivity index (χ1v) is 7.64. The van der Waals surface area contributed by atoms with Crippen LogP contribution in [0.25, 0.3) is 0 Å². The summed E-state index contributed by atoms with van der Waals surface area (Å²) in [6.07, 6.45) is -21.3. The number of hydrogen-bond donors (Lipinski definition) is 1. The molecule has 0 aliphatic carbocycles. The predicted molar refractivity (Wildman–Crippen MR) is 65.5 cm³/mol. The summed E-state index contributed by atoms with van der Waals surface area (Å²) in [7, 11) is -5.55. The molecular formula is C12H9F9O3S. The van der Waals surface area contributed by atoms with Gasteiger partial charge in [0, 0.05) is 0 Å². The zero-order valence-electron chi connectivity index (χ0n) is 11.8. The van der Waals surface area contributed by atoms with E-state index in [0.717, 1.165) is 0 Å². The van der Waals surface area contributed by atoms with Gasteiger partial charge in [0.25, 0.3) is 10.1 Å². The number of rotatable bonds is 4. The molecule has 0 saturated heterocycles. The minimum Gasteiger partial charge on any atom is -0.282 e. The van der Waals surface area contributed by atoms with Crippen LogP contribution in [-0.4, -0.2) is 31.5 Å². The zero-order chi connectivity index (χ0) is 19.8. The molecule has 0 spiro atoms. The van der Waals surface area contributed by atoms with Gasteiger partial charge >= 0.3 is 18.5 Å². The van der Waals surface area contributed by atoms with E-state index in [0.29, 0.717) is 0 Å². The molecule has 0 aliphatic heterocycles. The summed E-state index contributed by atoms with van der Waals surface area (Å²) >= 11 is 0. The number of alkyl halides is 9. The molecule has 1 rings (SSSR count). The zero-order valence-corrected chi connectivity index (χ0v) is 12.7. The van der Waals surface area contributed by atoms with Gasteiger partial charge in [-0.25, -0.2) is 0 Å². The lowest BCUT2D eigenvalue weighted by atomic mass is 9.99. The predicted octanol–water partition coefficient (Wildman–Crippen LogP) is 4.25. The summed E-state index contributed by atoms with van der Waals surface area (Å²) in [4.78, 5) is -1.69. The quantitative estimate of drug-likeness (QED) is 0.603. The summed E-state index contributed by atoms with van der Waals surface area (Å²) in [6, 6.07) is 0.341. The Balaban J connectivity index is 3.69. The Morgan fingerprint density at radius 1 is 0.720 bits per heavy atom. The average Bonchev–Trinajstić information content (AvgIpc) is 2.17. The fourth-order valence-electron chi connectivity index (χ4n) is 2.19. The number of benzene rings is 1. The van der Waals surface area contributed by atoms with E-state index >= 15 is 0 Å². The first-order chi connectivity index (χ1) is 10.9. The molecule has 0 saturated carbocycles. The van der Waals surface area contributed by atoms with Gasteiger partial charge in [0.05, 0.1) is 19.3 Å². The maximum atomic E-state index is 12.5. The Labute approximate surface area is 135 Å². The van der Waals surface area contributed by atoms with E-state index in [1.54, 1.807) is 0 Å². The van der Waals surface area contributed by atoms with Crippen molar-refractivity contribution < 1.29 is 52.5 Å². The fraction of sp³-hybridized carbons (Fsp3) is 0.500. The molecule has 1 N–H and O–H groups in total. The Bertz CT molecular complexity index is 693. The molecule has 0 radical (unpaired) electrons. The van der Waals surface area contributed by atoms with Gasteiger partial charge < -0.3 is 0 Å². The lowest BCUT2D eigenvalue weighted by Gasteiger charge is -2.18. The standard InChI is InChI=1S/C12H9F9O3S/c13-10(14,15)3-6-1-7(4-11(16,17)18)9(25(22,23)24)8(2-6)5-12(19,20)21/h1-2H,3-5H2,(H,22,23,24). The van der Waals surface area contributed by atoms with Gasteiger partial charge in [-0.3, -0.25) is 4.55 Å². The fourth-order valence-corrected chi connectivity index (χ4v) is 3.11. The first kappa shape index (κ1) is 21.5. The van der Waals surface area contributed by atoms with Gasteiger partial charge in [-0.1, -0.05) is 12.1 Å². The third-order valence-corrected chi connectivity index (χ3v) is 3.79. The molecule has 0 fully saturated rings.